The number of benzene rings is 1. The Bertz CT molecular complexity index is 1040. The third kappa shape index (κ3) is 3.71. The highest BCUT2D eigenvalue weighted by Gasteiger charge is 2.31. The maximum Gasteiger partial charge on any atom is 0.291 e. The smallest absolute Gasteiger partial charge is 0.291 e. The van der Waals surface area contributed by atoms with Crippen molar-refractivity contribution in [3.05, 3.63) is 66.6 Å². The summed E-state index contributed by atoms with van der Waals surface area (Å²) in [4.78, 5) is 19.6. The third-order valence-corrected chi connectivity index (χ3v) is 6.73. The fourth-order valence-corrected chi connectivity index (χ4v) is 4.87. The lowest BCUT2D eigenvalue weighted by atomic mass is 9.98. The number of anilines is 1. The Morgan fingerprint density at radius 2 is 2.04 bits per heavy atom. The topological polar surface area (TPSA) is 108 Å². The van der Waals surface area contributed by atoms with Gasteiger partial charge in [0.05, 0.1) is 11.2 Å². The van der Waals surface area contributed by atoms with Gasteiger partial charge in [0, 0.05) is 37.1 Å². The van der Waals surface area contributed by atoms with E-state index in [1.54, 1.807) is 36.7 Å². The molecular formula is C19H20N4O4S. The molecule has 1 saturated heterocycles. The first-order valence-corrected chi connectivity index (χ1v) is 10.4. The van der Waals surface area contributed by atoms with Gasteiger partial charge in [0.2, 0.25) is 10.0 Å². The number of aromatic nitrogens is 2. The average Bonchev–Trinajstić information content (AvgIpc) is 3.42. The molecule has 1 fully saturated rings. The van der Waals surface area contributed by atoms with E-state index < -0.39 is 15.9 Å². The van der Waals surface area contributed by atoms with Gasteiger partial charge in [0.25, 0.3) is 5.91 Å². The van der Waals surface area contributed by atoms with E-state index in [9.17, 15) is 13.2 Å². The molecule has 3 heterocycles. The molecule has 0 unspecified atom stereocenters. The number of piperidine rings is 1. The third-order valence-electron chi connectivity index (χ3n) is 4.83. The molecular weight excluding hydrogens is 380 g/mol. The summed E-state index contributed by atoms with van der Waals surface area (Å²) < 4.78 is 32.6. The van der Waals surface area contributed by atoms with Crippen LogP contribution in [0.3, 0.4) is 0 Å². The number of carbonyl (C=O) groups is 1. The molecule has 0 bridgehead atoms. The molecule has 0 atom stereocenters. The summed E-state index contributed by atoms with van der Waals surface area (Å²) in [7, 11) is -3.64. The Balaban J connectivity index is 1.46. The van der Waals surface area contributed by atoms with Crippen molar-refractivity contribution in [3.8, 4) is 0 Å². The SMILES string of the molecule is O=C(Nc1cccc(S(=O)(=O)N2CCC(c3ncc[nH]3)CC2)c1)c1ccco1. The number of aromatic amines is 1. The van der Waals surface area contributed by atoms with Gasteiger partial charge in [-0.25, -0.2) is 13.4 Å². The highest BCUT2D eigenvalue weighted by Crippen LogP contribution is 2.29. The Kier molecular flexibility index (Phi) is 5.01. The van der Waals surface area contributed by atoms with Crippen molar-refractivity contribution in [3.63, 3.8) is 0 Å². The highest BCUT2D eigenvalue weighted by molar-refractivity contribution is 7.89. The molecule has 2 aromatic heterocycles. The fourth-order valence-electron chi connectivity index (χ4n) is 3.35. The van der Waals surface area contributed by atoms with Gasteiger partial charge in [-0.3, -0.25) is 4.79 Å². The zero-order chi connectivity index (χ0) is 19.6. The number of rotatable bonds is 5. The maximum atomic E-state index is 13.0. The molecule has 1 aromatic carbocycles. The predicted octanol–water partition coefficient (Wildman–Crippen LogP) is 2.82. The number of imidazole rings is 1. The van der Waals surface area contributed by atoms with Gasteiger partial charge < -0.3 is 14.7 Å². The molecule has 0 saturated carbocycles. The van der Waals surface area contributed by atoms with Crippen LogP contribution in [0.1, 0.15) is 35.1 Å². The van der Waals surface area contributed by atoms with Crippen molar-refractivity contribution in [2.24, 2.45) is 0 Å². The first-order valence-electron chi connectivity index (χ1n) is 8.98. The number of sulfonamides is 1. The number of hydrogen-bond donors (Lipinski definition) is 2. The van der Waals surface area contributed by atoms with Crippen LogP contribution in [0.15, 0.2) is 64.4 Å². The van der Waals surface area contributed by atoms with Crippen LogP contribution in [-0.4, -0.2) is 41.7 Å². The van der Waals surface area contributed by atoms with Crippen molar-refractivity contribution < 1.29 is 17.6 Å². The summed E-state index contributed by atoms with van der Waals surface area (Å²) in [5, 5.41) is 2.66. The number of nitrogens with one attached hydrogen (secondary N) is 2. The summed E-state index contributed by atoms with van der Waals surface area (Å²) >= 11 is 0. The molecule has 1 aliphatic heterocycles. The van der Waals surface area contributed by atoms with Gasteiger partial charge in [-0.2, -0.15) is 4.31 Å². The summed E-state index contributed by atoms with van der Waals surface area (Å²) in [6.07, 6.45) is 6.31. The number of carbonyl (C=O) groups excluding carboxylic acids is 1. The Labute approximate surface area is 162 Å². The minimum absolute atomic E-state index is 0.154. The molecule has 2 N–H and O–H groups in total. The monoisotopic (exact) mass is 400 g/mol. The van der Waals surface area contributed by atoms with Gasteiger partial charge >= 0.3 is 0 Å². The normalized spacial score (nSPS) is 16.1. The van der Waals surface area contributed by atoms with Crippen molar-refractivity contribution >= 4 is 21.6 Å². The van der Waals surface area contributed by atoms with E-state index in [1.807, 2.05) is 0 Å². The molecule has 146 valence electrons. The van der Waals surface area contributed by atoms with Crippen LogP contribution in [0, 0.1) is 0 Å². The molecule has 0 spiro atoms. The highest BCUT2D eigenvalue weighted by atomic mass is 32.2. The Morgan fingerprint density at radius 3 is 2.71 bits per heavy atom. The molecule has 3 aromatic rings. The standard InChI is InChI=1S/C19H20N4O4S/c24-19(17-5-2-12-27-17)22-15-3-1-4-16(13-15)28(25,26)23-10-6-14(7-11-23)18-20-8-9-21-18/h1-5,8-9,12-14H,6-7,10-11H2,(H,20,21)(H,22,24). The Hall–Kier alpha value is -2.91. The van der Waals surface area contributed by atoms with Crippen LogP contribution in [0.5, 0.6) is 0 Å². The van der Waals surface area contributed by atoms with Crippen LogP contribution in [-0.2, 0) is 10.0 Å². The van der Waals surface area contributed by atoms with Gasteiger partial charge in [-0.05, 0) is 43.2 Å². The number of hydrogen-bond acceptors (Lipinski definition) is 5. The van der Waals surface area contributed by atoms with Crippen LogP contribution in [0.25, 0.3) is 0 Å². The van der Waals surface area contributed by atoms with Gasteiger partial charge in [-0.15, -0.1) is 0 Å². The fraction of sp³-hybridized carbons (Fsp3) is 0.263. The number of H-pyrrole nitrogens is 1. The van der Waals surface area contributed by atoms with E-state index in [0.717, 1.165) is 5.82 Å². The lowest BCUT2D eigenvalue weighted by Gasteiger charge is -2.30. The van der Waals surface area contributed by atoms with E-state index >= 15 is 0 Å². The summed E-state index contributed by atoms with van der Waals surface area (Å²) in [6.45, 7) is 0.855. The van der Waals surface area contributed by atoms with Gasteiger partial charge in [0.15, 0.2) is 5.76 Å². The zero-order valence-electron chi connectivity index (χ0n) is 15.0. The Morgan fingerprint density at radius 1 is 1.21 bits per heavy atom. The molecule has 8 nitrogen and oxygen atoms in total. The van der Waals surface area contributed by atoms with E-state index in [-0.39, 0.29) is 16.6 Å². The van der Waals surface area contributed by atoms with Crippen molar-refractivity contribution in [2.75, 3.05) is 18.4 Å². The minimum Gasteiger partial charge on any atom is -0.459 e. The maximum absolute atomic E-state index is 13.0. The van der Waals surface area contributed by atoms with E-state index in [4.69, 9.17) is 4.42 Å². The van der Waals surface area contributed by atoms with E-state index in [0.29, 0.717) is 31.6 Å². The lowest BCUT2D eigenvalue weighted by molar-refractivity contribution is 0.0996. The quantitative estimate of drug-likeness (QED) is 0.685. The molecule has 1 aliphatic rings. The summed E-state index contributed by atoms with van der Waals surface area (Å²) in [6, 6.07) is 9.41. The largest absolute Gasteiger partial charge is 0.459 e. The average molecular weight is 400 g/mol. The number of amides is 1. The molecule has 0 aliphatic carbocycles. The second kappa shape index (κ2) is 7.61. The minimum atomic E-state index is -3.64. The zero-order valence-corrected chi connectivity index (χ0v) is 15.9. The van der Waals surface area contributed by atoms with E-state index in [1.165, 1.54) is 22.7 Å². The summed E-state index contributed by atoms with van der Waals surface area (Å²) in [5.41, 5.74) is 0.396. The molecule has 1 amide bonds. The second-order valence-electron chi connectivity index (χ2n) is 6.61. The lowest BCUT2D eigenvalue weighted by Crippen LogP contribution is -2.38. The van der Waals surface area contributed by atoms with Crippen LogP contribution < -0.4 is 5.32 Å². The van der Waals surface area contributed by atoms with Crippen molar-refractivity contribution in [2.45, 2.75) is 23.7 Å². The predicted molar refractivity (Wildman–Crippen MR) is 102 cm³/mol. The van der Waals surface area contributed by atoms with Crippen LogP contribution >= 0.6 is 0 Å². The van der Waals surface area contributed by atoms with Crippen molar-refractivity contribution in [1.82, 2.24) is 14.3 Å². The summed E-state index contributed by atoms with van der Waals surface area (Å²) in [5.74, 6) is 0.868. The first kappa shape index (κ1) is 18.5. The van der Waals surface area contributed by atoms with E-state index in [2.05, 4.69) is 15.3 Å². The van der Waals surface area contributed by atoms with Crippen LogP contribution in [0.2, 0.25) is 0 Å². The number of nitrogens with zero attached hydrogens (tertiary/aromatic N) is 2. The molecule has 4 rings (SSSR count). The van der Waals surface area contributed by atoms with Gasteiger partial charge in [0.1, 0.15) is 5.82 Å². The molecule has 0 radical (unpaired) electrons. The second-order valence-corrected chi connectivity index (χ2v) is 8.55. The van der Waals surface area contributed by atoms with Crippen LogP contribution in [0.4, 0.5) is 5.69 Å². The van der Waals surface area contributed by atoms with Gasteiger partial charge in [-0.1, -0.05) is 6.07 Å². The van der Waals surface area contributed by atoms with Crippen molar-refractivity contribution in [1.29, 1.82) is 0 Å². The number of furan rings is 1. The molecule has 28 heavy (non-hydrogen) atoms. The first-order chi connectivity index (χ1) is 13.5. The molecule has 9 heteroatoms.